The van der Waals surface area contributed by atoms with Crippen molar-refractivity contribution in [3.63, 3.8) is 0 Å². The molecular weight excluding hydrogens is 236 g/mol. The van der Waals surface area contributed by atoms with Crippen molar-refractivity contribution in [3.8, 4) is 0 Å². The van der Waals surface area contributed by atoms with E-state index in [1.807, 2.05) is 45.5 Å². The summed E-state index contributed by atoms with van der Waals surface area (Å²) in [7, 11) is 7.97. The van der Waals surface area contributed by atoms with Crippen LogP contribution < -0.4 is 9.80 Å². The molecule has 4 nitrogen and oxygen atoms in total. The van der Waals surface area contributed by atoms with Crippen molar-refractivity contribution in [1.29, 1.82) is 0 Å². The van der Waals surface area contributed by atoms with Crippen LogP contribution in [0.15, 0.2) is 36.7 Å². The normalized spacial score (nSPS) is 10.3. The van der Waals surface area contributed by atoms with Crippen molar-refractivity contribution in [1.82, 2.24) is 9.97 Å². The van der Waals surface area contributed by atoms with Gasteiger partial charge < -0.3 is 9.80 Å². The highest BCUT2D eigenvalue weighted by Crippen LogP contribution is 2.15. The summed E-state index contributed by atoms with van der Waals surface area (Å²) in [6.45, 7) is 0. The van der Waals surface area contributed by atoms with E-state index in [0.29, 0.717) is 0 Å². The Bertz CT molecular complexity index is 465. The molecule has 0 radical (unpaired) electrons. The molecular formula is C15H20N4. The highest BCUT2D eigenvalue weighted by molar-refractivity contribution is 5.46. The molecule has 2 aromatic rings. The lowest BCUT2D eigenvalue weighted by Crippen LogP contribution is -2.12. The Kier molecular flexibility index (Phi) is 4.00. The maximum absolute atomic E-state index is 4.33. The molecule has 0 spiro atoms. The first-order valence-electron chi connectivity index (χ1n) is 6.31. The van der Waals surface area contributed by atoms with Crippen molar-refractivity contribution in [2.24, 2.45) is 0 Å². The largest absolute Gasteiger partial charge is 0.378 e. The molecule has 0 saturated carbocycles. The van der Waals surface area contributed by atoms with E-state index in [1.54, 1.807) is 0 Å². The van der Waals surface area contributed by atoms with Gasteiger partial charge in [0.25, 0.3) is 0 Å². The van der Waals surface area contributed by atoms with Crippen LogP contribution in [0.25, 0.3) is 0 Å². The third-order valence-electron chi connectivity index (χ3n) is 2.95. The average Bonchev–Trinajstić information content (AvgIpc) is 2.40. The molecule has 19 heavy (non-hydrogen) atoms. The molecule has 0 aliphatic heterocycles. The monoisotopic (exact) mass is 256 g/mol. The van der Waals surface area contributed by atoms with Gasteiger partial charge in [-0.15, -0.1) is 0 Å². The molecule has 1 aromatic heterocycles. The quantitative estimate of drug-likeness (QED) is 0.839. The lowest BCUT2D eigenvalue weighted by Gasteiger charge is -2.13. The topological polar surface area (TPSA) is 32.3 Å². The Balaban J connectivity index is 2.08. The van der Waals surface area contributed by atoms with Gasteiger partial charge in [0.05, 0.1) is 0 Å². The average molecular weight is 256 g/mol. The van der Waals surface area contributed by atoms with E-state index >= 15 is 0 Å². The molecule has 0 aliphatic carbocycles. The minimum absolute atomic E-state index is 0.742. The van der Waals surface area contributed by atoms with Crippen molar-refractivity contribution in [3.05, 3.63) is 47.8 Å². The van der Waals surface area contributed by atoms with Gasteiger partial charge in [-0.1, -0.05) is 12.1 Å². The Morgan fingerprint density at radius 3 is 1.84 bits per heavy atom. The van der Waals surface area contributed by atoms with Gasteiger partial charge in [0.2, 0.25) is 5.95 Å². The minimum atomic E-state index is 0.742. The van der Waals surface area contributed by atoms with E-state index in [-0.39, 0.29) is 0 Å². The fourth-order valence-corrected chi connectivity index (χ4v) is 1.82. The molecule has 0 fully saturated rings. The summed E-state index contributed by atoms with van der Waals surface area (Å²) in [5, 5.41) is 0. The summed E-state index contributed by atoms with van der Waals surface area (Å²) in [6.07, 6.45) is 4.64. The number of benzene rings is 1. The highest BCUT2D eigenvalue weighted by atomic mass is 15.2. The minimum Gasteiger partial charge on any atom is -0.378 e. The van der Waals surface area contributed by atoms with Gasteiger partial charge in [0.15, 0.2) is 0 Å². The van der Waals surface area contributed by atoms with Gasteiger partial charge in [-0.2, -0.15) is 0 Å². The molecule has 0 aliphatic rings. The molecule has 0 atom stereocenters. The molecule has 100 valence electrons. The Labute approximate surface area is 114 Å². The second kappa shape index (κ2) is 5.69. The number of nitrogens with zero attached hydrogens (tertiary/aromatic N) is 4. The SMILES string of the molecule is CN(C)c1ccc(Cc2cnc(N(C)C)nc2)cc1. The van der Waals surface area contributed by atoms with Crippen molar-refractivity contribution in [2.75, 3.05) is 38.0 Å². The predicted octanol–water partition coefficient (Wildman–Crippen LogP) is 2.20. The second-order valence-corrected chi connectivity index (χ2v) is 5.02. The van der Waals surface area contributed by atoms with E-state index in [0.717, 1.165) is 17.9 Å². The first kappa shape index (κ1) is 13.3. The van der Waals surface area contributed by atoms with Crippen LogP contribution in [-0.4, -0.2) is 38.2 Å². The maximum Gasteiger partial charge on any atom is 0.224 e. The maximum atomic E-state index is 4.33. The first-order valence-corrected chi connectivity index (χ1v) is 6.31. The second-order valence-electron chi connectivity index (χ2n) is 5.02. The molecule has 4 heteroatoms. The van der Waals surface area contributed by atoms with Crippen molar-refractivity contribution < 1.29 is 0 Å². The summed E-state index contributed by atoms with van der Waals surface area (Å²) in [5.74, 6) is 0.742. The van der Waals surface area contributed by atoms with E-state index in [1.165, 1.54) is 11.3 Å². The van der Waals surface area contributed by atoms with Crippen LogP contribution in [0.5, 0.6) is 0 Å². The third kappa shape index (κ3) is 3.44. The van der Waals surface area contributed by atoms with Crippen LogP contribution in [0.3, 0.4) is 0 Å². The van der Waals surface area contributed by atoms with Crippen LogP contribution in [0.4, 0.5) is 11.6 Å². The fourth-order valence-electron chi connectivity index (χ4n) is 1.82. The Hall–Kier alpha value is -2.10. The van der Waals surface area contributed by atoms with E-state index in [4.69, 9.17) is 0 Å². The van der Waals surface area contributed by atoms with Crippen LogP contribution in [0.2, 0.25) is 0 Å². The zero-order valence-electron chi connectivity index (χ0n) is 12.0. The van der Waals surface area contributed by atoms with Gasteiger partial charge in [0.1, 0.15) is 0 Å². The zero-order valence-corrected chi connectivity index (χ0v) is 12.0. The molecule has 2 rings (SSSR count). The number of hydrogen-bond acceptors (Lipinski definition) is 4. The standard InChI is InChI=1S/C15H20N4/c1-18(2)14-7-5-12(6-8-14)9-13-10-16-15(17-11-13)19(3)4/h5-8,10-11H,9H2,1-4H3. The highest BCUT2D eigenvalue weighted by Gasteiger charge is 2.01. The predicted molar refractivity (Wildman–Crippen MR) is 79.9 cm³/mol. The van der Waals surface area contributed by atoms with Crippen molar-refractivity contribution >= 4 is 11.6 Å². The van der Waals surface area contributed by atoms with E-state index in [9.17, 15) is 0 Å². The molecule has 0 bridgehead atoms. The lowest BCUT2D eigenvalue weighted by atomic mass is 10.1. The fraction of sp³-hybridized carbons (Fsp3) is 0.333. The molecule has 0 unspecified atom stereocenters. The summed E-state index contributed by atoms with van der Waals surface area (Å²) in [4.78, 5) is 12.6. The van der Waals surface area contributed by atoms with Gasteiger partial charge in [-0.3, -0.25) is 0 Å². The van der Waals surface area contributed by atoms with Crippen molar-refractivity contribution in [2.45, 2.75) is 6.42 Å². The zero-order chi connectivity index (χ0) is 13.8. The molecule has 0 N–H and O–H groups in total. The van der Waals surface area contributed by atoms with E-state index in [2.05, 4.69) is 39.1 Å². The summed E-state index contributed by atoms with van der Waals surface area (Å²) in [6, 6.07) is 8.55. The van der Waals surface area contributed by atoms with Gasteiger partial charge in [-0.25, -0.2) is 9.97 Å². The van der Waals surface area contributed by atoms with Crippen LogP contribution in [0, 0.1) is 0 Å². The number of aromatic nitrogens is 2. The summed E-state index contributed by atoms with van der Waals surface area (Å²) in [5.41, 5.74) is 3.61. The molecule has 1 heterocycles. The smallest absolute Gasteiger partial charge is 0.224 e. The molecule has 0 saturated heterocycles. The third-order valence-corrected chi connectivity index (χ3v) is 2.95. The lowest BCUT2D eigenvalue weighted by molar-refractivity contribution is 0.975. The summed E-state index contributed by atoms with van der Waals surface area (Å²) < 4.78 is 0. The van der Waals surface area contributed by atoms with Crippen LogP contribution in [0.1, 0.15) is 11.1 Å². The summed E-state index contributed by atoms with van der Waals surface area (Å²) >= 11 is 0. The molecule has 0 amide bonds. The van der Waals surface area contributed by atoms with E-state index < -0.39 is 0 Å². The Morgan fingerprint density at radius 1 is 0.789 bits per heavy atom. The van der Waals surface area contributed by atoms with Crippen LogP contribution in [-0.2, 0) is 6.42 Å². The number of rotatable bonds is 4. The first-order chi connectivity index (χ1) is 9.06. The number of hydrogen-bond donors (Lipinski definition) is 0. The van der Waals surface area contributed by atoms with Gasteiger partial charge in [0, 0.05) is 52.7 Å². The Morgan fingerprint density at radius 2 is 1.37 bits per heavy atom. The van der Waals surface area contributed by atoms with Gasteiger partial charge in [-0.05, 0) is 23.3 Å². The van der Waals surface area contributed by atoms with Gasteiger partial charge >= 0.3 is 0 Å². The van der Waals surface area contributed by atoms with Crippen LogP contribution >= 0.6 is 0 Å². The molecule has 1 aromatic carbocycles. The number of anilines is 2.